The molecule has 0 spiro atoms. The van der Waals surface area contributed by atoms with Crippen molar-refractivity contribution in [2.75, 3.05) is 6.61 Å². The van der Waals surface area contributed by atoms with Gasteiger partial charge in [-0.3, -0.25) is 15.1 Å². The zero-order valence-corrected chi connectivity index (χ0v) is 12.1. The highest BCUT2D eigenvalue weighted by Gasteiger charge is 2.13. The Hall–Kier alpha value is -2.76. The van der Waals surface area contributed by atoms with Crippen molar-refractivity contribution in [2.24, 2.45) is 4.99 Å². The molecule has 6 heteroatoms. The second-order valence-electron chi connectivity index (χ2n) is 4.35. The standard InChI is InChI=1S/C16H16FN3O2/c1-2-22-16(19-11-12-6-5-9-18-10-12)20-15(21)13-7-3-4-8-14(13)17/h3-10H,2,11H2,1H3,(H,19,20,21). The lowest BCUT2D eigenvalue weighted by Gasteiger charge is -2.09. The van der Waals surface area contributed by atoms with Gasteiger partial charge in [0.25, 0.3) is 11.9 Å². The van der Waals surface area contributed by atoms with Gasteiger partial charge in [-0.1, -0.05) is 18.2 Å². The molecule has 0 bridgehead atoms. The molecule has 2 aromatic rings. The second-order valence-corrected chi connectivity index (χ2v) is 4.35. The fraction of sp³-hybridized carbons (Fsp3) is 0.188. The maximum atomic E-state index is 13.6. The maximum Gasteiger partial charge on any atom is 0.292 e. The lowest BCUT2D eigenvalue weighted by molar-refractivity contribution is 0.0962. The Kier molecular flexibility index (Phi) is 5.59. The average Bonchev–Trinajstić information content (AvgIpc) is 2.54. The van der Waals surface area contributed by atoms with Gasteiger partial charge in [0, 0.05) is 12.4 Å². The van der Waals surface area contributed by atoms with E-state index in [1.165, 1.54) is 18.2 Å². The van der Waals surface area contributed by atoms with Crippen LogP contribution in [0.4, 0.5) is 4.39 Å². The van der Waals surface area contributed by atoms with E-state index in [9.17, 15) is 9.18 Å². The van der Waals surface area contributed by atoms with E-state index in [-0.39, 0.29) is 11.6 Å². The minimum Gasteiger partial charge on any atom is -0.465 e. The Balaban J connectivity index is 2.08. The maximum absolute atomic E-state index is 13.6. The summed E-state index contributed by atoms with van der Waals surface area (Å²) < 4.78 is 18.8. The van der Waals surface area contributed by atoms with Gasteiger partial charge in [-0.05, 0) is 30.7 Å². The second kappa shape index (κ2) is 7.87. The van der Waals surface area contributed by atoms with Crippen molar-refractivity contribution in [3.05, 3.63) is 65.7 Å². The predicted octanol–water partition coefficient (Wildman–Crippen LogP) is 2.54. The van der Waals surface area contributed by atoms with Crippen LogP contribution in [0.25, 0.3) is 0 Å². The SMILES string of the molecule is CCOC(=NCc1cccnc1)NC(=O)c1ccccc1F. The molecule has 0 saturated heterocycles. The summed E-state index contributed by atoms with van der Waals surface area (Å²) in [5.74, 6) is -1.19. The number of nitrogens with zero attached hydrogens (tertiary/aromatic N) is 2. The smallest absolute Gasteiger partial charge is 0.292 e. The van der Waals surface area contributed by atoms with E-state index in [0.29, 0.717) is 13.2 Å². The number of hydrogen-bond donors (Lipinski definition) is 1. The third-order valence-electron chi connectivity index (χ3n) is 2.75. The van der Waals surface area contributed by atoms with Gasteiger partial charge in [-0.25, -0.2) is 9.38 Å². The Bertz CT molecular complexity index is 659. The summed E-state index contributed by atoms with van der Waals surface area (Å²) in [5.41, 5.74) is 0.816. The van der Waals surface area contributed by atoms with Crippen LogP contribution in [0.2, 0.25) is 0 Å². The van der Waals surface area contributed by atoms with Crippen LogP contribution in [0.3, 0.4) is 0 Å². The van der Waals surface area contributed by atoms with Crippen LogP contribution in [0.1, 0.15) is 22.8 Å². The zero-order valence-electron chi connectivity index (χ0n) is 12.1. The van der Waals surface area contributed by atoms with Gasteiger partial charge in [-0.15, -0.1) is 0 Å². The molecule has 0 aliphatic heterocycles. The number of aliphatic imine (C=N–C) groups is 1. The van der Waals surface area contributed by atoms with Crippen LogP contribution >= 0.6 is 0 Å². The molecule has 0 aliphatic rings. The average molecular weight is 301 g/mol. The molecule has 5 nitrogen and oxygen atoms in total. The molecule has 1 amide bonds. The van der Waals surface area contributed by atoms with Crippen molar-refractivity contribution in [2.45, 2.75) is 13.5 Å². The van der Waals surface area contributed by atoms with Gasteiger partial charge >= 0.3 is 0 Å². The molecule has 2 rings (SSSR count). The number of pyridine rings is 1. The van der Waals surface area contributed by atoms with Crippen molar-refractivity contribution < 1.29 is 13.9 Å². The number of carbonyl (C=O) groups excluding carboxylic acids is 1. The minimum absolute atomic E-state index is 0.0552. The van der Waals surface area contributed by atoms with E-state index in [0.717, 1.165) is 5.56 Å². The highest BCUT2D eigenvalue weighted by molar-refractivity contribution is 6.04. The topological polar surface area (TPSA) is 63.6 Å². The molecule has 22 heavy (non-hydrogen) atoms. The minimum atomic E-state index is -0.600. The molecule has 0 aliphatic carbocycles. The first-order chi connectivity index (χ1) is 10.7. The summed E-state index contributed by atoms with van der Waals surface area (Å²) in [4.78, 5) is 20.2. The number of amides is 1. The first-order valence-corrected chi connectivity index (χ1v) is 6.82. The number of carbonyl (C=O) groups is 1. The predicted molar refractivity (Wildman–Crippen MR) is 80.9 cm³/mol. The molecule has 1 N–H and O–H groups in total. The van der Waals surface area contributed by atoms with Gasteiger partial charge in [0.15, 0.2) is 0 Å². The van der Waals surface area contributed by atoms with Crippen molar-refractivity contribution in [1.82, 2.24) is 10.3 Å². The van der Waals surface area contributed by atoms with E-state index in [1.54, 1.807) is 31.5 Å². The van der Waals surface area contributed by atoms with Crippen LogP contribution in [0.15, 0.2) is 53.8 Å². The van der Waals surface area contributed by atoms with Crippen LogP contribution in [-0.4, -0.2) is 23.5 Å². The number of nitrogens with one attached hydrogen (secondary N) is 1. The van der Waals surface area contributed by atoms with Crippen LogP contribution < -0.4 is 5.32 Å². The van der Waals surface area contributed by atoms with Crippen molar-refractivity contribution in [3.8, 4) is 0 Å². The molecule has 1 heterocycles. The molecule has 0 atom stereocenters. The van der Waals surface area contributed by atoms with Gasteiger partial charge in [0.05, 0.1) is 18.7 Å². The van der Waals surface area contributed by atoms with Crippen molar-refractivity contribution in [3.63, 3.8) is 0 Å². The molecular weight excluding hydrogens is 285 g/mol. The van der Waals surface area contributed by atoms with E-state index in [1.807, 2.05) is 6.07 Å². The molecule has 0 fully saturated rings. The van der Waals surface area contributed by atoms with Gasteiger partial charge in [0.1, 0.15) is 5.82 Å². The number of hydrogen-bond acceptors (Lipinski definition) is 4. The van der Waals surface area contributed by atoms with E-state index in [2.05, 4.69) is 15.3 Å². The summed E-state index contributed by atoms with van der Waals surface area (Å²) in [6.07, 6.45) is 3.34. The fourth-order valence-corrected chi connectivity index (χ4v) is 1.72. The summed E-state index contributed by atoms with van der Waals surface area (Å²) in [6, 6.07) is 9.44. The van der Waals surface area contributed by atoms with Crippen LogP contribution in [0.5, 0.6) is 0 Å². The van der Waals surface area contributed by atoms with E-state index >= 15 is 0 Å². The Morgan fingerprint density at radius 2 is 2.14 bits per heavy atom. The fourth-order valence-electron chi connectivity index (χ4n) is 1.72. The Morgan fingerprint density at radius 1 is 1.32 bits per heavy atom. The van der Waals surface area contributed by atoms with Gasteiger partial charge in [-0.2, -0.15) is 0 Å². The molecular formula is C16H16FN3O2. The van der Waals surface area contributed by atoms with Crippen LogP contribution in [-0.2, 0) is 11.3 Å². The molecule has 0 radical (unpaired) electrons. The van der Waals surface area contributed by atoms with Crippen molar-refractivity contribution >= 4 is 11.9 Å². The van der Waals surface area contributed by atoms with Crippen LogP contribution in [0, 0.1) is 5.82 Å². The van der Waals surface area contributed by atoms with E-state index < -0.39 is 11.7 Å². The molecule has 114 valence electrons. The summed E-state index contributed by atoms with van der Waals surface area (Å²) in [5, 5.41) is 2.47. The van der Waals surface area contributed by atoms with Gasteiger partial charge in [0.2, 0.25) is 0 Å². The van der Waals surface area contributed by atoms with E-state index in [4.69, 9.17) is 4.74 Å². The number of aromatic nitrogens is 1. The quantitative estimate of drug-likeness (QED) is 0.697. The Labute approximate surface area is 127 Å². The largest absolute Gasteiger partial charge is 0.465 e. The summed E-state index contributed by atoms with van der Waals surface area (Å²) >= 11 is 0. The number of benzene rings is 1. The first-order valence-electron chi connectivity index (χ1n) is 6.82. The number of amidine groups is 1. The van der Waals surface area contributed by atoms with Crippen molar-refractivity contribution in [1.29, 1.82) is 0 Å². The third-order valence-corrected chi connectivity index (χ3v) is 2.75. The number of ether oxygens (including phenoxy) is 1. The summed E-state index contributed by atoms with van der Waals surface area (Å²) in [7, 11) is 0. The number of halogens is 1. The first kappa shape index (κ1) is 15.6. The third kappa shape index (κ3) is 4.37. The molecule has 1 aromatic carbocycles. The highest BCUT2D eigenvalue weighted by Crippen LogP contribution is 2.06. The zero-order chi connectivity index (χ0) is 15.8. The lowest BCUT2D eigenvalue weighted by Crippen LogP contribution is -2.33. The monoisotopic (exact) mass is 301 g/mol. The Morgan fingerprint density at radius 3 is 2.82 bits per heavy atom. The molecule has 1 aromatic heterocycles. The van der Waals surface area contributed by atoms with Gasteiger partial charge < -0.3 is 4.74 Å². The highest BCUT2D eigenvalue weighted by atomic mass is 19.1. The lowest BCUT2D eigenvalue weighted by atomic mass is 10.2. The summed E-state index contributed by atoms with van der Waals surface area (Å²) in [6.45, 7) is 2.42. The number of rotatable bonds is 4. The molecule has 0 saturated carbocycles. The normalized spacial score (nSPS) is 11.1. The molecule has 0 unspecified atom stereocenters.